The Balaban J connectivity index is 2.91. The third kappa shape index (κ3) is 2.13. The van der Waals surface area contributed by atoms with Crippen molar-refractivity contribution in [2.45, 2.75) is 17.5 Å². The molecule has 0 aromatic carbocycles. The number of rotatable bonds is 1. The fourth-order valence-corrected chi connectivity index (χ4v) is 1.34. The number of allylic oxidation sites excluding steroid dienone is 4. The van der Waals surface area contributed by atoms with Crippen molar-refractivity contribution in [3.05, 3.63) is 23.7 Å². The SMILES string of the molecule is OB(O)C1=CC=CC(Cl)(C(F)(F)F)C1. The topological polar surface area (TPSA) is 40.5 Å². The quantitative estimate of drug-likeness (QED) is 0.524. The molecule has 0 saturated carbocycles. The van der Waals surface area contributed by atoms with E-state index in [2.05, 4.69) is 0 Å². The molecular weight excluding hydrogens is 219 g/mol. The minimum atomic E-state index is -4.61. The Morgan fingerprint density at radius 3 is 2.43 bits per heavy atom. The van der Waals surface area contributed by atoms with Gasteiger partial charge < -0.3 is 10.0 Å². The van der Waals surface area contributed by atoms with E-state index >= 15 is 0 Å². The molecular formula is C7H7BClF3O2. The van der Waals surface area contributed by atoms with E-state index in [4.69, 9.17) is 21.6 Å². The molecule has 1 aliphatic carbocycles. The molecule has 7 heteroatoms. The summed E-state index contributed by atoms with van der Waals surface area (Å²) >= 11 is 5.32. The Bertz CT molecular complexity index is 287. The minimum absolute atomic E-state index is 0.153. The molecule has 14 heavy (non-hydrogen) atoms. The first-order chi connectivity index (χ1) is 6.26. The maximum Gasteiger partial charge on any atom is 0.484 e. The van der Waals surface area contributed by atoms with Gasteiger partial charge in [-0.2, -0.15) is 13.2 Å². The zero-order valence-corrected chi connectivity index (χ0v) is 7.68. The summed E-state index contributed by atoms with van der Waals surface area (Å²) in [6.07, 6.45) is -2.19. The highest BCUT2D eigenvalue weighted by Gasteiger charge is 2.53. The van der Waals surface area contributed by atoms with Crippen LogP contribution in [0.25, 0.3) is 0 Å². The monoisotopic (exact) mass is 226 g/mol. The van der Waals surface area contributed by atoms with Crippen molar-refractivity contribution in [3.63, 3.8) is 0 Å². The van der Waals surface area contributed by atoms with Gasteiger partial charge in [0, 0.05) is 0 Å². The Labute approximate surface area is 83.8 Å². The molecule has 0 saturated heterocycles. The van der Waals surface area contributed by atoms with E-state index in [9.17, 15) is 13.2 Å². The second-order valence-corrected chi connectivity index (χ2v) is 3.69. The molecule has 1 aliphatic rings. The van der Waals surface area contributed by atoms with Crippen molar-refractivity contribution in [2.24, 2.45) is 0 Å². The highest BCUT2D eigenvalue weighted by molar-refractivity contribution is 6.51. The van der Waals surface area contributed by atoms with Gasteiger partial charge >= 0.3 is 13.3 Å². The van der Waals surface area contributed by atoms with Gasteiger partial charge in [-0.1, -0.05) is 18.2 Å². The van der Waals surface area contributed by atoms with Gasteiger partial charge in [0.1, 0.15) is 0 Å². The Morgan fingerprint density at radius 1 is 1.43 bits per heavy atom. The lowest BCUT2D eigenvalue weighted by Gasteiger charge is -2.29. The zero-order chi connectivity index (χ0) is 11.0. The van der Waals surface area contributed by atoms with Crippen LogP contribution in [0.3, 0.4) is 0 Å². The van der Waals surface area contributed by atoms with Crippen LogP contribution in [-0.2, 0) is 0 Å². The van der Waals surface area contributed by atoms with E-state index in [1.807, 2.05) is 0 Å². The molecule has 2 nitrogen and oxygen atoms in total. The summed E-state index contributed by atoms with van der Waals surface area (Å²) in [5.41, 5.74) is -0.153. The number of alkyl halides is 4. The molecule has 0 aromatic rings. The minimum Gasteiger partial charge on any atom is -0.423 e. The largest absolute Gasteiger partial charge is 0.484 e. The van der Waals surface area contributed by atoms with Crippen molar-refractivity contribution in [1.82, 2.24) is 0 Å². The standard InChI is InChI=1S/C7H7BClF3O2/c9-6(7(10,11)12)3-1-2-5(4-6)8(13)14/h1-3,13-14H,4H2. The summed E-state index contributed by atoms with van der Waals surface area (Å²) < 4.78 is 37.2. The number of hydrogen-bond acceptors (Lipinski definition) is 2. The average molecular weight is 226 g/mol. The molecule has 0 aliphatic heterocycles. The lowest BCUT2D eigenvalue weighted by Crippen LogP contribution is -2.41. The predicted octanol–water partition coefficient (Wildman–Crippen LogP) is 1.42. The summed E-state index contributed by atoms with van der Waals surface area (Å²) in [6, 6.07) is 0. The first kappa shape index (κ1) is 11.6. The molecule has 0 heterocycles. The van der Waals surface area contributed by atoms with Gasteiger partial charge in [0.05, 0.1) is 0 Å². The van der Waals surface area contributed by atoms with Gasteiger partial charge in [-0.25, -0.2) is 0 Å². The second kappa shape index (κ2) is 3.60. The third-order valence-electron chi connectivity index (χ3n) is 1.93. The summed E-state index contributed by atoms with van der Waals surface area (Å²) in [6.45, 7) is 0. The van der Waals surface area contributed by atoms with Crippen LogP contribution >= 0.6 is 11.6 Å². The van der Waals surface area contributed by atoms with Gasteiger partial charge in [-0.05, 0) is 11.9 Å². The number of hydrogen-bond donors (Lipinski definition) is 2. The maximum atomic E-state index is 12.4. The normalized spacial score (nSPS) is 27.4. The average Bonchev–Trinajstić information content (AvgIpc) is 2.02. The lowest BCUT2D eigenvalue weighted by molar-refractivity contribution is -0.149. The highest BCUT2D eigenvalue weighted by Crippen LogP contribution is 2.43. The van der Waals surface area contributed by atoms with E-state index < -0.39 is 24.6 Å². The fourth-order valence-electron chi connectivity index (χ4n) is 1.11. The first-order valence-electron chi connectivity index (χ1n) is 3.76. The van der Waals surface area contributed by atoms with Crippen molar-refractivity contribution in [2.75, 3.05) is 0 Å². The van der Waals surface area contributed by atoms with Crippen LogP contribution in [0, 0.1) is 0 Å². The van der Waals surface area contributed by atoms with E-state index in [1.165, 1.54) is 6.08 Å². The molecule has 1 rings (SSSR count). The van der Waals surface area contributed by atoms with Crippen LogP contribution < -0.4 is 0 Å². The van der Waals surface area contributed by atoms with Crippen molar-refractivity contribution in [3.8, 4) is 0 Å². The molecule has 1 unspecified atom stereocenters. The van der Waals surface area contributed by atoms with Crippen molar-refractivity contribution in [1.29, 1.82) is 0 Å². The summed E-state index contributed by atoms with van der Waals surface area (Å²) in [7, 11) is -1.90. The molecule has 0 fully saturated rings. The first-order valence-corrected chi connectivity index (χ1v) is 4.14. The van der Waals surface area contributed by atoms with E-state index in [1.54, 1.807) is 0 Å². The molecule has 78 valence electrons. The smallest absolute Gasteiger partial charge is 0.423 e. The zero-order valence-electron chi connectivity index (χ0n) is 6.92. The van der Waals surface area contributed by atoms with Crippen LogP contribution in [0.4, 0.5) is 13.2 Å². The summed E-state index contributed by atoms with van der Waals surface area (Å²) in [5, 5.41) is 17.4. The van der Waals surface area contributed by atoms with Gasteiger partial charge in [0.2, 0.25) is 0 Å². The predicted molar refractivity (Wildman–Crippen MR) is 46.7 cm³/mol. The maximum absolute atomic E-state index is 12.4. The Kier molecular flexibility index (Phi) is 2.99. The van der Waals surface area contributed by atoms with E-state index in [0.717, 1.165) is 12.2 Å². The van der Waals surface area contributed by atoms with E-state index in [-0.39, 0.29) is 5.47 Å². The molecule has 0 radical (unpaired) electrons. The second-order valence-electron chi connectivity index (χ2n) is 3.01. The molecule has 0 bridgehead atoms. The van der Waals surface area contributed by atoms with Crippen LogP contribution in [0.2, 0.25) is 0 Å². The van der Waals surface area contributed by atoms with Crippen molar-refractivity contribution >= 4 is 18.7 Å². The van der Waals surface area contributed by atoms with Gasteiger partial charge in [-0.3, -0.25) is 0 Å². The van der Waals surface area contributed by atoms with Crippen molar-refractivity contribution < 1.29 is 23.2 Å². The van der Waals surface area contributed by atoms with Crippen LogP contribution in [-0.4, -0.2) is 28.2 Å². The van der Waals surface area contributed by atoms with Gasteiger partial charge in [0.25, 0.3) is 0 Å². The van der Waals surface area contributed by atoms with Crippen LogP contribution in [0.5, 0.6) is 0 Å². The Morgan fingerprint density at radius 2 is 2.00 bits per heavy atom. The summed E-state index contributed by atoms with van der Waals surface area (Å²) in [4.78, 5) is -2.53. The van der Waals surface area contributed by atoms with E-state index in [0.29, 0.717) is 0 Å². The molecule has 0 spiro atoms. The Hall–Kier alpha value is -0.455. The molecule has 0 aromatic heterocycles. The van der Waals surface area contributed by atoms with Crippen LogP contribution in [0.1, 0.15) is 6.42 Å². The summed E-state index contributed by atoms with van der Waals surface area (Å²) in [5.74, 6) is 0. The third-order valence-corrected chi connectivity index (χ3v) is 2.41. The highest BCUT2D eigenvalue weighted by atomic mass is 35.5. The molecule has 2 N–H and O–H groups in total. The molecule has 1 atom stereocenters. The lowest BCUT2D eigenvalue weighted by atomic mass is 9.72. The number of halogens is 4. The van der Waals surface area contributed by atoms with Crippen LogP contribution in [0.15, 0.2) is 23.7 Å². The van der Waals surface area contributed by atoms with Gasteiger partial charge in [-0.15, -0.1) is 11.6 Å². The van der Waals surface area contributed by atoms with Gasteiger partial charge in [0.15, 0.2) is 4.87 Å². The molecule has 0 amide bonds. The fraction of sp³-hybridized carbons (Fsp3) is 0.429.